The molecule has 1 aromatic heterocycles. The molecule has 2 N–H and O–H groups in total. The molecule has 20 heavy (non-hydrogen) atoms. The number of pyridine rings is 1. The van der Waals surface area contributed by atoms with Gasteiger partial charge in [0.05, 0.1) is 23.4 Å². The molecule has 0 saturated heterocycles. The van der Waals surface area contributed by atoms with E-state index in [1.165, 1.54) is 6.92 Å². The number of carbonyl (C=O) groups is 1. The lowest BCUT2D eigenvalue weighted by Crippen LogP contribution is -2.13. The Morgan fingerprint density at radius 3 is 2.70 bits per heavy atom. The van der Waals surface area contributed by atoms with Crippen molar-refractivity contribution in [3.63, 3.8) is 0 Å². The van der Waals surface area contributed by atoms with Crippen molar-refractivity contribution in [3.05, 3.63) is 35.0 Å². The van der Waals surface area contributed by atoms with Crippen molar-refractivity contribution in [3.8, 4) is 5.75 Å². The Labute approximate surface area is 117 Å². The molecule has 1 saturated carbocycles. The second-order valence-electron chi connectivity index (χ2n) is 5.41. The highest BCUT2D eigenvalue weighted by Crippen LogP contribution is 2.42. The predicted molar refractivity (Wildman–Crippen MR) is 75.9 cm³/mol. The van der Waals surface area contributed by atoms with Crippen molar-refractivity contribution < 1.29 is 15.0 Å². The molecule has 0 spiro atoms. The predicted octanol–water partition coefficient (Wildman–Crippen LogP) is 2.90. The van der Waals surface area contributed by atoms with Gasteiger partial charge in [0, 0.05) is 11.3 Å². The lowest BCUT2D eigenvalue weighted by atomic mass is 9.81. The summed E-state index contributed by atoms with van der Waals surface area (Å²) in [5.41, 5.74) is 2.38. The van der Waals surface area contributed by atoms with Crippen LogP contribution in [-0.2, 0) is 6.61 Å². The summed E-state index contributed by atoms with van der Waals surface area (Å²) in [6.45, 7) is 1.35. The highest BCUT2D eigenvalue weighted by Gasteiger charge is 2.27. The molecule has 1 fully saturated rings. The first-order valence-corrected chi connectivity index (χ1v) is 6.89. The summed E-state index contributed by atoms with van der Waals surface area (Å²) >= 11 is 0. The van der Waals surface area contributed by atoms with Crippen LogP contribution in [0.5, 0.6) is 5.75 Å². The van der Waals surface area contributed by atoms with E-state index in [1.807, 2.05) is 0 Å². The molecule has 4 heteroatoms. The maximum Gasteiger partial charge on any atom is 0.164 e. The van der Waals surface area contributed by atoms with E-state index >= 15 is 0 Å². The lowest BCUT2D eigenvalue weighted by Gasteiger charge is -2.26. The molecule has 4 nitrogen and oxygen atoms in total. The second kappa shape index (κ2) is 4.87. The van der Waals surface area contributed by atoms with Crippen molar-refractivity contribution in [1.29, 1.82) is 0 Å². The number of aromatic hydroxyl groups is 1. The van der Waals surface area contributed by atoms with Crippen molar-refractivity contribution in [1.82, 2.24) is 4.98 Å². The van der Waals surface area contributed by atoms with Crippen LogP contribution in [0.25, 0.3) is 10.9 Å². The number of fused-ring (bicyclic) bond motifs is 1. The maximum atomic E-state index is 11.9. The number of rotatable bonds is 3. The molecule has 1 heterocycles. The van der Waals surface area contributed by atoms with Crippen molar-refractivity contribution >= 4 is 16.7 Å². The molecule has 0 bridgehead atoms. The van der Waals surface area contributed by atoms with Gasteiger partial charge in [-0.25, -0.2) is 4.98 Å². The summed E-state index contributed by atoms with van der Waals surface area (Å²) in [5, 5.41) is 20.2. The second-order valence-corrected chi connectivity index (χ2v) is 5.41. The minimum atomic E-state index is -0.175. The maximum absolute atomic E-state index is 11.9. The van der Waals surface area contributed by atoms with Gasteiger partial charge in [0.2, 0.25) is 0 Å². The average molecular weight is 271 g/mol. The van der Waals surface area contributed by atoms with Crippen LogP contribution in [0.4, 0.5) is 0 Å². The zero-order valence-electron chi connectivity index (χ0n) is 11.4. The molecular formula is C16H17NO3. The van der Waals surface area contributed by atoms with Crippen LogP contribution in [-0.4, -0.2) is 21.0 Å². The van der Waals surface area contributed by atoms with Crippen LogP contribution in [0, 0.1) is 0 Å². The number of hydrogen-bond acceptors (Lipinski definition) is 4. The Hall–Kier alpha value is -1.94. The van der Waals surface area contributed by atoms with Gasteiger partial charge in [-0.15, -0.1) is 0 Å². The Kier molecular flexibility index (Phi) is 3.18. The number of ketones is 1. The molecule has 1 aromatic carbocycles. The van der Waals surface area contributed by atoms with Gasteiger partial charge in [-0.2, -0.15) is 0 Å². The fourth-order valence-electron chi connectivity index (χ4n) is 2.74. The summed E-state index contributed by atoms with van der Waals surface area (Å²) in [6.07, 6.45) is 3.17. The first-order chi connectivity index (χ1) is 9.61. The number of nitrogens with zero attached hydrogens (tertiary/aromatic N) is 1. The van der Waals surface area contributed by atoms with Gasteiger partial charge in [-0.1, -0.05) is 12.5 Å². The fraction of sp³-hybridized carbons (Fsp3) is 0.375. The van der Waals surface area contributed by atoms with Gasteiger partial charge < -0.3 is 10.2 Å². The topological polar surface area (TPSA) is 70.4 Å². The average Bonchev–Trinajstić information content (AvgIpc) is 2.36. The van der Waals surface area contributed by atoms with E-state index in [9.17, 15) is 15.0 Å². The first-order valence-electron chi connectivity index (χ1n) is 6.89. The number of Topliss-reactive ketones (excluding diaryl/α,β-unsaturated/α-hetero) is 1. The minimum absolute atomic E-state index is 0.0183. The van der Waals surface area contributed by atoms with Crippen molar-refractivity contribution in [2.24, 2.45) is 0 Å². The van der Waals surface area contributed by atoms with Gasteiger partial charge in [-0.3, -0.25) is 4.79 Å². The van der Waals surface area contributed by atoms with Crippen LogP contribution in [0.3, 0.4) is 0 Å². The molecular weight excluding hydrogens is 254 g/mol. The third kappa shape index (κ3) is 1.96. The van der Waals surface area contributed by atoms with E-state index in [4.69, 9.17) is 0 Å². The van der Waals surface area contributed by atoms with Crippen molar-refractivity contribution in [2.45, 2.75) is 38.7 Å². The van der Waals surface area contributed by atoms with E-state index in [2.05, 4.69) is 4.98 Å². The number of benzene rings is 1. The highest BCUT2D eigenvalue weighted by atomic mass is 16.3. The number of aliphatic hydroxyl groups is 1. The van der Waals surface area contributed by atoms with Gasteiger partial charge in [-0.05, 0) is 37.5 Å². The monoisotopic (exact) mass is 271 g/mol. The molecule has 2 aromatic rings. The molecule has 0 unspecified atom stereocenters. The van der Waals surface area contributed by atoms with Crippen LogP contribution >= 0.6 is 0 Å². The van der Waals surface area contributed by atoms with Gasteiger partial charge in [0.15, 0.2) is 5.78 Å². The summed E-state index contributed by atoms with van der Waals surface area (Å²) < 4.78 is 0. The van der Waals surface area contributed by atoms with E-state index in [-0.39, 0.29) is 24.1 Å². The third-order valence-corrected chi connectivity index (χ3v) is 4.08. The van der Waals surface area contributed by atoms with Gasteiger partial charge in [0.25, 0.3) is 0 Å². The van der Waals surface area contributed by atoms with Crippen LogP contribution in [0.2, 0.25) is 0 Å². The largest absolute Gasteiger partial charge is 0.505 e. The Morgan fingerprint density at radius 2 is 2.15 bits per heavy atom. The van der Waals surface area contributed by atoms with E-state index in [0.717, 1.165) is 19.3 Å². The molecule has 0 aliphatic heterocycles. The zero-order chi connectivity index (χ0) is 14.3. The van der Waals surface area contributed by atoms with Gasteiger partial charge in [0.1, 0.15) is 5.75 Å². The Bertz CT molecular complexity index is 690. The third-order valence-electron chi connectivity index (χ3n) is 4.08. The van der Waals surface area contributed by atoms with Crippen LogP contribution < -0.4 is 0 Å². The summed E-state index contributed by atoms with van der Waals surface area (Å²) in [5.74, 6) is 0.102. The number of hydrogen-bond donors (Lipinski definition) is 2. The quantitative estimate of drug-likeness (QED) is 0.842. The Balaban J connectivity index is 2.30. The van der Waals surface area contributed by atoms with Gasteiger partial charge >= 0.3 is 0 Å². The first kappa shape index (κ1) is 13.1. The summed E-state index contributed by atoms with van der Waals surface area (Å²) in [7, 11) is 0. The van der Waals surface area contributed by atoms with Crippen LogP contribution in [0.1, 0.15) is 53.7 Å². The SMILES string of the molecule is CC(=O)c1c(O)c(C2CCC2)nc2ccc(CO)cc12. The highest BCUT2D eigenvalue weighted by molar-refractivity contribution is 6.08. The molecule has 1 aliphatic carbocycles. The molecule has 104 valence electrons. The fourth-order valence-corrected chi connectivity index (χ4v) is 2.74. The zero-order valence-corrected chi connectivity index (χ0v) is 11.4. The molecule has 0 radical (unpaired) electrons. The van der Waals surface area contributed by atoms with Crippen LogP contribution in [0.15, 0.2) is 18.2 Å². The summed E-state index contributed by atoms with van der Waals surface area (Å²) in [6, 6.07) is 5.32. The summed E-state index contributed by atoms with van der Waals surface area (Å²) in [4.78, 5) is 16.4. The van der Waals surface area contributed by atoms with E-state index in [0.29, 0.717) is 27.7 Å². The number of aliphatic hydroxyl groups excluding tert-OH is 1. The van der Waals surface area contributed by atoms with E-state index in [1.54, 1.807) is 18.2 Å². The van der Waals surface area contributed by atoms with Crippen molar-refractivity contribution in [2.75, 3.05) is 0 Å². The minimum Gasteiger partial charge on any atom is -0.505 e. The lowest BCUT2D eigenvalue weighted by molar-refractivity contribution is 0.101. The standard InChI is InChI=1S/C16H17NO3/c1-9(19)14-12-7-10(8-18)5-6-13(12)17-15(16(14)20)11-3-2-4-11/h5-7,11,18,20H,2-4,8H2,1H3. The smallest absolute Gasteiger partial charge is 0.164 e. The Morgan fingerprint density at radius 1 is 1.40 bits per heavy atom. The number of carbonyl (C=O) groups excluding carboxylic acids is 1. The number of aromatic nitrogens is 1. The molecule has 0 atom stereocenters. The van der Waals surface area contributed by atoms with E-state index < -0.39 is 0 Å². The molecule has 3 rings (SSSR count). The molecule has 1 aliphatic rings. The normalized spacial score (nSPS) is 15.3. The molecule has 0 amide bonds.